The molecule has 0 atom stereocenters. The Bertz CT molecular complexity index is 941. The molecule has 1 aliphatic rings. The van der Waals surface area contributed by atoms with Crippen molar-refractivity contribution in [3.8, 4) is 11.1 Å². The highest BCUT2D eigenvalue weighted by Crippen LogP contribution is 2.39. The number of nitro groups is 1. The molecule has 3 aromatic rings. The topological polar surface area (TPSA) is 43.1 Å². The normalized spacial score (nSPS) is 12.5. The van der Waals surface area contributed by atoms with Crippen LogP contribution in [0.5, 0.6) is 0 Å². The van der Waals surface area contributed by atoms with Gasteiger partial charge in [0.15, 0.2) is 0 Å². The first-order valence-corrected chi connectivity index (χ1v) is 7.20. The van der Waals surface area contributed by atoms with Gasteiger partial charge in [-0.15, -0.1) is 0 Å². The maximum Gasteiger partial charge on any atom is 0.277 e. The van der Waals surface area contributed by atoms with Crippen molar-refractivity contribution in [2.75, 3.05) is 0 Å². The molecular formula is C19H13NO2. The molecule has 0 saturated heterocycles. The Hall–Kier alpha value is -2.94. The fourth-order valence-electron chi connectivity index (χ4n) is 3.21. The Morgan fingerprint density at radius 1 is 0.909 bits per heavy atom. The summed E-state index contributed by atoms with van der Waals surface area (Å²) in [5.74, 6) is 0. The Morgan fingerprint density at radius 2 is 1.64 bits per heavy atom. The summed E-state index contributed by atoms with van der Waals surface area (Å²) in [6, 6.07) is 17.2. The number of hydrogen-bond donors (Lipinski definition) is 0. The van der Waals surface area contributed by atoms with Crippen molar-refractivity contribution in [2.45, 2.75) is 6.42 Å². The molecule has 3 aromatic carbocycles. The Morgan fingerprint density at radius 3 is 2.45 bits per heavy atom. The zero-order valence-electron chi connectivity index (χ0n) is 11.8. The number of fused-ring (bicyclic) bond motifs is 3. The fraction of sp³-hybridized carbons (Fsp3) is 0.0526. The van der Waals surface area contributed by atoms with Crippen LogP contribution in [0.3, 0.4) is 0 Å². The molecular weight excluding hydrogens is 274 g/mol. The molecule has 0 aromatic heterocycles. The van der Waals surface area contributed by atoms with Gasteiger partial charge < -0.3 is 0 Å². The van der Waals surface area contributed by atoms with Crippen molar-refractivity contribution in [1.29, 1.82) is 0 Å². The third-order valence-corrected chi connectivity index (χ3v) is 4.19. The van der Waals surface area contributed by atoms with E-state index in [0.717, 1.165) is 22.8 Å². The van der Waals surface area contributed by atoms with E-state index in [0.29, 0.717) is 5.56 Å². The number of nitro benzene ring substituents is 1. The van der Waals surface area contributed by atoms with Crippen LogP contribution < -0.4 is 0 Å². The van der Waals surface area contributed by atoms with Crippen LogP contribution in [0.2, 0.25) is 0 Å². The molecule has 3 heteroatoms. The summed E-state index contributed by atoms with van der Waals surface area (Å²) in [5, 5.41) is 13.6. The monoisotopic (exact) mass is 287 g/mol. The van der Waals surface area contributed by atoms with Crippen molar-refractivity contribution in [3.63, 3.8) is 0 Å². The maximum absolute atomic E-state index is 11.4. The van der Waals surface area contributed by atoms with Gasteiger partial charge in [-0.25, -0.2) is 0 Å². The molecule has 22 heavy (non-hydrogen) atoms. The molecule has 0 heterocycles. The minimum absolute atomic E-state index is 0.151. The second kappa shape index (κ2) is 4.81. The maximum atomic E-state index is 11.4. The summed E-state index contributed by atoms with van der Waals surface area (Å²) in [7, 11) is 0. The SMILES string of the molecule is O=[N+]([O-])c1ccccc1-c1cc2c(c3ccccc13)C=CC2. The number of para-hydroxylation sites is 1. The number of allylic oxidation sites excluding steroid dienone is 1. The van der Waals surface area contributed by atoms with Crippen LogP contribution in [0.4, 0.5) is 5.69 Å². The van der Waals surface area contributed by atoms with Gasteiger partial charge >= 0.3 is 0 Å². The Balaban J connectivity index is 2.10. The van der Waals surface area contributed by atoms with Crippen LogP contribution in [-0.4, -0.2) is 4.92 Å². The highest BCUT2D eigenvalue weighted by molar-refractivity contribution is 6.04. The first-order valence-electron chi connectivity index (χ1n) is 7.20. The van der Waals surface area contributed by atoms with Gasteiger partial charge in [-0.1, -0.05) is 48.6 Å². The highest BCUT2D eigenvalue weighted by atomic mass is 16.6. The summed E-state index contributed by atoms with van der Waals surface area (Å²) >= 11 is 0. The lowest BCUT2D eigenvalue weighted by atomic mass is 9.91. The molecule has 0 unspecified atom stereocenters. The van der Waals surface area contributed by atoms with Crippen molar-refractivity contribution in [3.05, 3.63) is 81.9 Å². The number of nitrogens with zero attached hydrogens (tertiary/aromatic N) is 1. The van der Waals surface area contributed by atoms with Crippen LogP contribution in [0.25, 0.3) is 28.0 Å². The summed E-state index contributed by atoms with van der Waals surface area (Å²) in [4.78, 5) is 11.0. The van der Waals surface area contributed by atoms with E-state index in [4.69, 9.17) is 0 Å². The Kier molecular flexibility index (Phi) is 2.79. The van der Waals surface area contributed by atoms with E-state index in [9.17, 15) is 10.1 Å². The molecule has 0 N–H and O–H groups in total. The van der Waals surface area contributed by atoms with Crippen LogP contribution >= 0.6 is 0 Å². The van der Waals surface area contributed by atoms with Crippen molar-refractivity contribution in [2.24, 2.45) is 0 Å². The number of rotatable bonds is 2. The lowest BCUT2D eigenvalue weighted by Gasteiger charge is -2.12. The van der Waals surface area contributed by atoms with Gasteiger partial charge in [-0.05, 0) is 46.0 Å². The van der Waals surface area contributed by atoms with E-state index in [-0.39, 0.29) is 10.6 Å². The van der Waals surface area contributed by atoms with E-state index in [2.05, 4.69) is 24.3 Å². The molecule has 1 aliphatic carbocycles. The van der Waals surface area contributed by atoms with Gasteiger partial charge in [0, 0.05) is 6.07 Å². The third kappa shape index (κ3) is 1.83. The largest absolute Gasteiger partial charge is 0.277 e. The molecule has 0 spiro atoms. The van der Waals surface area contributed by atoms with Crippen molar-refractivity contribution < 1.29 is 4.92 Å². The van der Waals surface area contributed by atoms with E-state index in [1.54, 1.807) is 12.1 Å². The van der Waals surface area contributed by atoms with Gasteiger partial charge in [-0.3, -0.25) is 10.1 Å². The van der Waals surface area contributed by atoms with Gasteiger partial charge in [0.05, 0.1) is 10.5 Å². The van der Waals surface area contributed by atoms with Crippen molar-refractivity contribution >= 4 is 22.5 Å². The van der Waals surface area contributed by atoms with Crippen LogP contribution in [0, 0.1) is 10.1 Å². The predicted molar refractivity (Wildman–Crippen MR) is 88.8 cm³/mol. The van der Waals surface area contributed by atoms with Gasteiger partial charge in [0.25, 0.3) is 5.69 Å². The fourth-order valence-corrected chi connectivity index (χ4v) is 3.21. The lowest BCUT2D eigenvalue weighted by molar-refractivity contribution is -0.384. The van der Waals surface area contributed by atoms with Gasteiger partial charge in [0.2, 0.25) is 0 Å². The van der Waals surface area contributed by atoms with Crippen molar-refractivity contribution in [1.82, 2.24) is 0 Å². The zero-order valence-corrected chi connectivity index (χ0v) is 11.8. The average Bonchev–Trinajstić information content (AvgIpc) is 3.03. The minimum atomic E-state index is -0.310. The zero-order chi connectivity index (χ0) is 15.1. The average molecular weight is 287 g/mol. The molecule has 0 aliphatic heterocycles. The molecule has 0 saturated carbocycles. The van der Waals surface area contributed by atoms with E-state index in [1.165, 1.54) is 11.1 Å². The lowest BCUT2D eigenvalue weighted by Crippen LogP contribution is -1.94. The summed E-state index contributed by atoms with van der Waals surface area (Å²) < 4.78 is 0. The molecule has 3 nitrogen and oxygen atoms in total. The molecule has 0 fully saturated rings. The molecule has 0 radical (unpaired) electrons. The smallest absolute Gasteiger partial charge is 0.258 e. The Labute approximate surface area is 127 Å². The molecule has 106 valence electrons. The van der Waals surface area contributed by atoms with Crippen LogP contribution in [0.15, 0.2) is 60.7 Å². The quantitative estimate of drug-likeness (QED) is 0.492. The standard InChI is InChI=1S/C19H13NO2/c21-20(22)19-11-4-3-9-17(19)18-12-13-6-5-10-14(13)15-7-1-2-8-16(15)18/h1-5,7-12H,6H2. The highest BCUT2D eigenvalue weighted by Gasteiger charge is 2.19. The van der Waals surface area contributed by atoms with E-state index < -0.39 is 0 Å². The first-order chi connectivity index (χ1) is 10.8. The van der Waals surface area contributed by atoms with E-state index in [1.807, 2.05) is 30.3 Å². The predicted octanol–water partition coefficient (Wildman–Crippen LogP) is 4.98. The summed E-state index contributed by atoms with van der Waals surface area (Å²) in [5.41, 5.74) is 4.23. The molecule has 4 rings (SSSR count). The summed E-state index contributed by atoms with van der Waals surface area (Å²) in [6.45, 7) is 0. The van der Waals surface area contributed by atoms with E-state index >= 15 is 0 Å². The first kappa shape index (κ1) is 12.8. The second-order valence-electron chi connectivity index (χ2n) is 5.42. The minimum Gasteiger partial charge on any atom is -0.258 e. The molecule has 0 amide bonds. The van der Waals surface area contributed by atoms with Crippen LogP contribution in [0.1, 0.15) is 11.1 Å². The van der Waals surface area contributed by atoms with Gasteiger partial charge in [-0.2, -0.15) is 0 Å². The van der Waals surface area contributed by atoms with Crippen LogP contribution in [-0.2, 0) is 6.42 Å². The third-order valence-electron chi connectivity index (χ3n) is 4.19. The van der Waals surface area contributed by atoms with Gasteiger partial charge in [0.1, 0.15) is 0 Å². The molecule has 0 bridgehead atoms. The number of benzene rings is 3. The number of hydrogen-bond acceptors (Lipinski definition) is 2. The second-order valence-corrected chi connectivity index (χ2v) is 5.42. The summed E-state index contributed by atoms with van der Waals surface area (Å²) in [6.07, 6.45) is 5.16.